The number of nitrogens with one attached hydrogen (secondary N) is 2. The number of hydrogen-bond donors (Lipinski definition) is 2. The quantitative estimate of drug-likeness (QED) is 0.769. The second kappa shape index (κ2) is 6.09. The summed E-state index contributed by atoms with van der Waals surface area (Å²) < 4.78 is 7.89. The lowest BCUT2D eigenvalue weighted by Crippen LogP contribution is -2.37. The van der Waals surface area contributed by atoms with E-state index in [2.05, 4.69) is 27.4 Å². The van der Waals surface area contributed by atoms with Crippen molar-refractivity contribution in [2.24, 2.45) is 0 Å². The van der Waals surface area contributed by atoms with Crippen LogP contribution in [0.5, 0.6) is 0 Å². The molecule has 7 heteroatoms. The summed E-state index contributed by atoms with van der Waals surface area (Å²) >= 11 is 0. The van der Waals surface area contributed by atoms with E-state index in [0.717, 1.165) is 29.7 Å². The predicted octanol–water partition coefficient (Wildman–Crippen LogP) is 2.04. The molecule has 3 heterocycles. The zero-order chi connectivity index (χ0) is 16.5. The number of aromatic amines is 1. The molecule has 24 heavy (non-hydrogen) atoms. The average Bonchev–Trinajstić information content (AvgIpc) is 3.33. The first kappa shape index (κ1) is 14.9. The monoisotopic (exact) mass is 325 g/mol. The summed E-state index contributed by atoms with van der Waals surface area (Å²) in [5, 5.41) is 10.8. The summed E-state index contributed by atoms with van der Waals surface area (Å²) in [7, 11) is 0. The molecule has 0 saturated carbocycles. The fourth-order valence-corrected chi connectivity index (χ4v) is 3.25. The van der Waals surface area contributed by atoms with Crippen LogP contribution in [-0.4, -0.2) is 38.3 Å². The van der Waals surface area contributed by atoms with Crippen LogP contribution in [0.15, 0.2) is 36.8 Å². The zero-order valence-corrected chi connectivity index (χ0v) is 13.4. The highest BCUT2D eigenvalue weighted by Crippen LogP contribution is 2.28. The Morgan fingerprint density at radius 3 is 3.29 bits per heavy atom. The highest BCUT2D eigenvalue weighted by molar-refractivity contribution is 6.06. The van der Waals surface area contributed by atoms with E-state index >= 15 is 0 Å². The number of fused-ring (bicyclic) bond motifs is 1. The van der Waals surface area contributed by atoms with Crippen molar-refractivity contribution in [3.63, 3.8) is 0 Å². The van der Waals surface area contributed by atoms with Gasteiger partial charge in [0, 0.05) is 30.9 Å². The Labute approximate surface area is 139 Å². The Morgan fingerprint density at radius 2 is 2.42 bits per heavy atom. The molecule has 2 N–H and O–H groups in total. The summed E-state index contributed by atoms with van der Waals surface area (Å²) in [5.74, 6) is 0.749. The van der Waals surface area contributed by atoms with Gasteiger partial charge in [0.1, 0.15) is 11.9 Å². The number of carbonyl (C=O) groups is 1. The van der Waals surface area contributed by atoms with Gasteiger partial charge < -0.3 is 14.6 Å². The van der Waals surface area contributed by atoms with Crippen molar-refractivity contribution in [2.75, 3.05) is 6.61 Å². The molecule has 0 spiro atoms. The molecule has 0 unspecified atom stereocenters. The van der Waals surface area contributed by atoms with Crippen LogP contribution in [0.2, 0.25) is 0 Å². The number of carbonyl (C=O) groups excluding carboxylic acids is 1. The number of ether oxygens (including phenoxy) is 1. The second-order valence-corrected chi connectivity index (χ2v) is 5.87. The summed E-state index contributed by atoms with van der Waals surface area (Å²) in [4.78, 5) is 17.2. The molecular formula is C17H19N5O2. The molecule has 1 saturated heterocycles. The van der Waals surface area contributed by atoms with Crippen LogP contribution in [-0.2, 0) is 11.3 Å². The number of nitrogens with zero attached hydrogens (tertiary/aromatic N) is 3. The van der Waals surface area contributed by atoms with E-state index in [1.165, 1.54) is 0 Å². The van der Waals surface area contributed by atoms with Gasteiger partial charge in [-0.3, -0.25) is 9.89 Å². The summed E-state index contributed by atoms with van der Waals surface area (Å²) in [5.41, 5.74) is 1.47. The molecule has 1 aliphatic heterocycles. The minimum atomic E-state index is -0.215. The van der Waals surface area contributed by atoms with Gasteiger partial charge in [-0.05, 0) is 25.5 Å². The third-order valence-electron chi connectivity index (χ3n) is 4.48. The fourth-order valence-electron chi connectivity index (χ4n) is 3.25. The Morgan fingerprint density at radius 1 is 1.50 bits per heavy atom. The van der Waals surface area contributed by atoms with Crippen LogP contribution in [0.1, 0.15) is 35.6 Å². The van der Waals surface area contributed by atoms with Crippen LogP contribution < -0.4 is 5.32 Å². The van der Waals surface area contributed by atoms with Gasteiger partial charge in [0.05, 0.1) is 23.3 Å². The van der Waals surface area contributed by atoms with E-state index < -0.39 is 0 Å². The van der Waals surface area contributed by atoms with E-state index in [1.807, 2.05) is 29.0 Å². The van der Waals surface area contributed by atoms with Crippen LogP contribution in [0, 0.1) is 0 Å². The van der Waals surface area contributed by atoms with Crippen molar-refractivity contribution in [3.05, 3.63) is 48.2 Å². The van der Waals surface area contributed by atoms with Crippen LogP contribution in [0.4, 0.5) is 0 Å². The Balaban J connectivity index is 1.58. The average molecular weight is 325 g/mol. The minimum Gasteiger partial charge on any atom is -0.368 e. The smallest absolute Gasteiger partial charge is 0.252 e. The third kappa shape index (κ3) is 2.46. The van der Waals surface area contributed by atoms with Crippen molar-refractivity contribution < 1.29 is 9.53 Å². The fraction of sp³-hybridized carbons (Fsp3) is 0.353. The summed E-state index contributed by atoms with van der Waals surface area (Å²) in [6.07, 6.45) is 5.94. The van der Waals surface area contributed by atoms with Crippen molar-refractivity contribution >= 4 is 16.8 Å². The largest absolute Gasteiger partial charge is 0.368 e. The number of hydrogen-bond acceptors (Lipinski definition) is 4. The molecule has 124 valence electrons. The Bertz CT molecular complexity index is 869. The molecule has 0 bridgehead atoms. The standard InChI is InChI=1S/C17H19N5O2/c1-2-22-8-7-18-16(22)15-14(6-9-24-15)20-17(23)11-4-3-5-13-12(11)10-19-21-13/h3-5,7-8,10,14-15H,2,6,9H2,1H3,(H,19,21)(H,20,23)/t14-,15-/m0/s1. The van der Waals surface area contributed by atoms with Crippen molar-refractivity contribution in [3.8, 4) is 0 Å². The molecule has 1 aromatic carbocycles. The van der Waals surface area contributed by atoms with Gasteiger partial charge in [-0.15, -0.1) is 0 Å². The Hall–Kier alpha value is -2.67. The lowest BCUT2D eigenvalue weighted by molar-refractivity contribution is 0.0776. The molecule has 2 atom stereocenters. The van der Waals surface area contributed by atoms with E-state index in [9.17, 15) is 4.79 Å². The molecule has 4 rings (SSSR count). The molecule has 1 amide bonds. The zero-order valence-electron chi connectivity index (χ0n) is 13.4. The lowest BCUT2D eigenvalue weighted by atomic mass is 10.1. The topological polar surface area (TPSA) is 84.8 Å². The first-order valence-corrected chi connectivity index (χ1v) is 8.13. The van der Waals surface area contributed by atoms with Gasteiger partial charge in [-0.25, -0.2) is 4.98 Å². The molecule has 3 aromatic rings. The van der Waals surface area contributed by atoms with Crippen LogP contribution >= 0.6 is 0 Å². The highest BCUT2D eigenvalue weighted by atomic mass is 16.5. The molecule has 0 aliphatic carbocycles. The predicted molar refractivity (Wildman–Crippen MR) is 88.6 cm³/mol. The molecule has 7 nitrogen and oxygen atoms in total. The van der Waals surface area contributed by atoms with Gasteiger partial charge in [-0.1, -0.05) is 6.07 Å². The maximum absolute atomic E-state index is 12.7. The third-order valence-corrected chi connectivity index (χ3v) is 4.48. The normalized spacial score (nSPS) is 20.5. The van der Waals surface area contributed by atoms with Crippen LogP contribution in [0.3, 0.4) is 0 Å². The lowest BCUT2D eigenvalue weighted by Gasteiger charge is -2.20. The summed E-state index contributed by atoms with van der Waals surface area (Å²) in [6, 6.07) is 5.47. The van der Waals surface area contributed by atoms with E-state index in [-0.39, 0.29) is 18.1 Å². The molecular weight excluding hydrogens is 306 g/mol. The number of benzene rings is 1. The Kier molecular flexibility index (Phi) is 3.78. The van der Waals surface area contributed by atoms with E-state index in [1.54, 1.807) is 12.4 Å². The summed E-state index contributed by atoms with van der Waals surface area (Å²) in [6.45, 7) is 3.50. The SMILES string of the molecule is CCn1ccnc1[C@H]1OCC[C@@H]1NC(=O)c1cccc2[nH]ncc12. The first-order chi connectivity index (χ1) is 11.8. The number of imidazole rings is 1. The van der Waals surface area contributed by atoms with Gasteiger partial charge in [-0.2, -0.15) is 5.10 Å². The number of rotatable bonds is 4. The van der Waals surface area contributed by atoms with Gasteiger partial charge >= 0.3 is 0 Å². The number of H-pyrrole nitrogens is 1. The second-order valence-electron chi connectivity index (χ2n) is 5.87. The van der Waals surface area contributed by atoms with E-state index in [4.69, 9.17) is 4.74 Å². The van der Waals surface area contributed by atoms with Gasteiger partial charge in [0.15, 0.2) is 0 Å². The van der Waals surface area contributed by atoms with Gasteiger partial charge in [0.2, 0.25) is 0 Å². The molecule has 1 fully saturated rings. The van der Waals surface area contributed by atoms with Crippen molar-refractivity contribution in [1.29, 1.82) is 0 Å². The van der Waals surface area contributed by atoms with Gasteiger partial charge in [0.25, 0.3) is 5.91 Å². The van der Waals surface area contributed by atoms with Crippen molar-refractivity contribution in [2.45, 2.75) is 32.0 Å². The van der Waals surface area contributed by atoms with Crippen molar-refractivity contribution in [1.82, 2.24) is 25.1 Å². The maximum Gasteiger partial charge on any atom is 0.252 e. The molecule has 2 aromatic heterocycles. The number of amides is 1. The molecule has 0 radical (unpaired) electrons. The van der Waals surface area contributed by atoms with Crippen LogP contribution in [0.25, 0.3) is 10.9 Å². The first-order valence-electron chi connectivity index (χ1n) is 8.13. The number of aromatic nitrogens is 4. The highest BCUT2D eigenvalue weighted by Gasteiger charge is 2.34. The maximum atomic E-state index is 12.7. The minimum absolute atomic E-state index is 0.0904. The molecule has 1 aliphatic rings. The number of aryl methyl sites for hydroxylation is 1. The van der Waals surface area contributed by atoms with E-state index in [0.29, 0.717) is 12.2 Å².